The van der Waals surface area contributed by atoms with Gasteiger partial charge in [0.25, 0.3) is 11.5 Å². The topological polar surface area (TPSA) is 104 Å². The number of aromatic amines is 1. The first-order valence-electron chi connectivity index (χ1n) is 8.13. The van der Waals surface area contributed by atoms with Crippen LogP contribution in [-0.4, -0.2) is 26.6 Å². The minimum Gasteiger partial charge on any atom is -0.493 e. The van der Waals surface area contributed by atoms with E-state index in [-0.39, 0.29) is 11.7 Å². The summed E-state index contributed by atoms with van der Waals surface area (Å²) in [6.45, 7) is 0. The smallest absolute Gasteiger partial charge is 0.335 e. The molecule has 3 N–H and O–H groups in total. The average molecular weight is 347 g/mol. The zero-order chi connectivity index (χ0) is 18.0. The summed E-state index contributed by atoms with van der Waals surface area (Å²) in [5.41, 5.74) is -2.90. The third-order valence-corrected chi connectivity index (χ3v) is 4.35. The lowest BCUT2D eigenvalue weighted by atomic mass is 9.95. The highest BCUT2D eigenvalue weighted by Gasteiger charge is 2.25. The second kappa shape index (κ2) is 6.92. The largest absolute Gasteiger partial charge is 0.493 e. The summed E-state index contributed by atoms with van der Waals surface area (Å²) >= 11 is 0. The van der Waals surface area contributed by atoms with E-state index in [1.54, 1.807) is 0 Å². The zero-order valence-electron chi connectivity index (χ0n) is 13.4. The number of halogens is 1. The molecule has 1 fully saturated rings. The molecular formula is C17H18FN3O4. The Bertz CT molecular complexity index is 913. The van der Waals surface area contributed by atoms with Gasteiger partial charge in [-0.15, -0.1) is 0 Å². The van der Waals surface area contributed by atoms with Crippen LogP contribution in [0, 0.1) is 5.82 Å². The Balaban J connectivity index is 2.04. The van der Waals surface area contributed by atoms with Crippen LogP contribution in [0.4, 0.5) is 4.39 Å². The van der Waals surface area contributed by atoms with E-state index in [1.807, 2.05) is 4.98 Å². The van der Waals surface area contributed by atoms with E-state index in [1.165, 1.54) is 18.2 Å². The Kier molecular flexibility index (Phi) is 4.69. The predicted molar refractivity (Wildman–Crippen MR) is 88.6 cm³/mol. The molecule has 0 spiro atoms. The third kappa shape index (κ3) is 3.33. The van der Waals surface area contributed by atoms with Gasteiger partial charge in [-0.3, -0.25) is 14.6 Å². The summed E-state index contributed by atoms with van der Waals surface area (Å²) in [7, 11) is 0. The molecule has 2 aromatic rings. The number of H-pyrrole nitrogens is 1. The fourth-order valence-corrected chi connectivity index (χ4v) is 3.09. The van der Waals surface area contributed by atoms with Crippen molar-refractivity contribution in [2.45, 2.75) is 38.1 Å². The lowest BCUT2D eigenvalue weighted by Gasteiger charge is -2.22. The Hall–Kier alpha value is -2.90. The van der Waals surface area contributed by atoms with Crippen molar-refractivity contribution >= 4 is 5.91 Å². The lowest BCUT2D eigenvalue weighted by Crippen LogP contribution is -2.41. The molecule has 1 aliphatic carbocycles. The first kappa shape index (κ1) is 16.9. The monoisotopic (exact) mass is 347 g/mol. The van der Waals surface area contributed by atoms with Crippen LogP contribution in [0.1, 0.15) is 42.5 Å². The van der Waals surface area contributed by atoms with Crippen LogP contribution in [0.25, 0.3) is 5.69 Å². The van der Waals surface area contributed by atoms with Gasteiger partial charge in [0.1, 0.15) is 5.82 Å². The minimum absolute atomic E-state index is 0.0890. The average Bonchev–Trinajstić information content (AvgIpc) is 2.57. The Morgan fingerprint density at radius 1 is 1.20 bits per heavy atom. The van der Waals surface area contributed by atoms with Crippen molar-refractivity contribution in [3.05, 3.63) is 56.5 Å². The van der Waals surface area contributed by atoms with Crippen LogP contribution in [0.2, 0.25) is 0 Å². The maximum atomic E-state index is 14.0. The number of benzene rings is 1. The van der Waals surface area contributed by atoms with E-state index in [0.717, 1.165) is 38.2 Å². The summed E-state index contributed by atoms with van der Waals surface area (Å²) in [4.78, 5) is 38.4. The first-order chi connectivity index (χ1) is 12.0. The van der Waals surface area contributed by atoms with E-state index in [4.69, 9.17) is 0 Å². The molecule has 1 aliphatic rings. The number of aromatic nitrogens is 2. The first-order valence-corrected chi connectivity index (χ1v) is 8.13. The third-order valence-electron chi connectivity index (χ3n) is 4.35. The Morgan fingerprint density at radius 2 is 1.88 bits per heavy atom. The van der Waals surface area contributed by atoms with Gasteiger partial charge in [0, 0.05) is 6.04 Å². The van der Waals surface area contributed by atoms with Gasteiger partial charge >= 0.3 is 5.69 Å². The van der Waals surface area contributed by atoms with E-state index >= 15 is 0 Å². The van der Waals surface area contributed by atoms with Gasteiger partial charge in [-0.1, -0.05) is 31.4 Å². The molecule has 0 unspecified atom stereocenters. The van der Waals surface area contributed by atoms with Crippen LogP contribution in [-0.2, 0) is 0 Å². The van der Waals surface area contributed by atoms with Crippen LogP contribution in [0.15, 0.2) is 33.9 Å². The Labute approximate surface area is 142 Å². The normalized spacial score (nSPS) is 15.1. The van der Waals surface area contributed by atoms with Crippen molar-refractivity contribution in [3.8, 4) is 11.6 Å². The van der Waals surface area contributed by atoms with Crippen LogP contribution in [0.5, 0.6) is 5.88 Å². The van der Waals surface area contributed by atoms with E-state index in [0.29, 0.717) is 4.57 Å². The lowest BCUT2D eigenvalue weighted by molar-refractivity contribution is 0.0922. The van der Waals surface area contributed by atoms with Crippen molar-refractivity contribution in [2.24, 2.45) is 0 Å². The molecule has 0 saturated heterocycles. The highest BCUT2D eigenvalue weighted by atomic mass is 19.1. The van der Waals surface area contributed by atoms with Gasteiger partial charge in [0.15, 0.2) is 5.56 Å². The number of aromatic hydroxyl groups is 1. The van der Waals surface area contributed by atoms with Gasteiger partial charge in [-0.2, -0.15) is 0 Å². The molecule has 1 aromatic carbocycles. The van der Waals surface area contributed by atoms with Crippen LogP contribution < -0.4 is 16.6 Å². The van der Waals surface area contributed by atoms with Crippen molar-refractivity contribution in [1.82, 2.24) is 14.9 Å². The van der Waals surface area contributed by atoms with Gasteiger partial charge in [-0.05, 0) is 25.0 Å². The molecule has 132 valence electrons. The number of hydrogen-bond donors (Lipinski definition) is 3. The second-order valence-corrected chi connectivity index (χ2v) is 6.05. The maximum Gasteiger partial charge on any atom is 0.335 e. The van der Waals surface area contributed by atoms with Gasteiger partial charge < -0.3 is 10.4 Å². The van der Waals surface area contributed by atoms with E-state index in [2.05, 4.69) is 5.32 Å². The number of amides is 1. The van der Waals surface area contributed by atoms with Crippen molar-refractivity contribution in [3.63, 3.8) is 0 Å². The number of carbonyl (C=O) groups excluding carboxylic acids is 1. The molecule has 1 heterocycles. The predicted octanol–water partition coefficient (Wildman–Crippen LogP) is 1.43. The Morgan fingerprint density at radius 3 is 2.56 bits per heavy atom. The molecular weight excluding hydrogens is 329 g/mol. The summed E-state index contributed by atoms with van der Waals surface area (Å²) in [5.74, 6) is -2.44. The minimum atomic E-state index is -1.03. The number of nitrogens with zero attached hydrogens (tertiary/aromatic N) is 1. The fraction of sp³-hybridized carbons (Fsp3) is 0.353. The van der Waals surface area contributed by atoms with Gasteiger partial charge in [0.2, 0.25) is 5.88 Å². The summed E-state index contributed by atoms with van der Waals surface area (Å²) < 4.78 is 14.6. The quantitative estimate of drug-likeness (QED) is 0.781. The SMILES string of the molecule is O=C(NC1CCCCC1)c1c(O)n(-c2ccccc2F)c(=O)[nH]c1=O. The standard InChI is InChI=1S/C17H18FN3O4/c18-11-8-4-5-9-12(11)21-16(24)13(15(23)20-17(21)25)14(22)19-10-6-2-1-3-7-10/h4-5,8-10,24H,1-3,6-7H2,(H,19,22)(H,20,23,25). The molecule has 1 amide bonds. The van der Waals surface area contributed by atoms with Crippen molar-refractivity contribution < 1.29 is 14.3 Å². The number of carbonyl (C=O) groups is 1. The van der Waals surface area contributed by atoms with Gasteiger partial charge in [0.05, 0.1) is 5.69 Å². The molecule has 8 heteroatoms. The molecule has 3 rings (SSSR count). The summed E-state index contributed by atoms with van der Waals surface area (Å²) in [6, 6.07) is 5.17. The van der Waals surface area contributed by atoms with Crippen molar-refractivity contribution in [2.75, 3.05) is 0 Å². The number of para-hydroxylation sites is 1. The van der Waals surface area contributed by atoms with Crippen LogP contribution >= 0.6 is 0 Å². The molecule has 0 radical (unpaired) electrons. The molecule has 0 atom stereocenters. The highest BCUT2D eigenvalue weighted by molar-refractivity contribution is 5.96. The fourth-order valence-electron chi connectivity index (χ4n) is 3.09. The molecule has 0 aliphatic heterocycles. The molecule has 0 bridgehead atoms. The molecule has 25 heavy (non-hydrogen) atoms. The molecule has 7 nitrogen and oxygen atoms in total. The number of rotatable bonds is 3. The maximum absolute atomic E-state index is 14.0. The number of nitrogens with one attached hydrogen (secondary N) is 2. The summed E-state index contributed by atoms with van der Waals surface area (Å²) in [5, 5.41) is 13.0. The van der Waals surface area contributed by atoms with E-state index < -0.39 is 34.4 Å². The number of hydrogen-bond acceptors (Lipinski definition) is 4. The molecule has 1 aromatic heterocycles. The van der Waals surface area contributed by atoms with Crippen molar-refractivity contribution in [1.29, 1.82) is 0 Å². The summed E-state index contributed by atoms with van der Waals surface area (Å²) in [6.07, 6.45) is 4.62. The molecule has 1 saturated carbocycles. The van der Waals surface area contributed by atoms with E-state index in [9.17, 15) is 23.9 Å². The van der Waals surface area contributed by atoms with Crippen LogP contribution in [0.3, 0.4) is 0 Å². The second-order valence-electron chi connectivity index (χ2n) is 6.05. The van der Waals surface area contributed by atoms with Gasteiger partial charge in [-0.25, -0.2) is 13.8 Å². The highest BCUT2D eigenvalue weighted by Crippen LogP contribution is 2.21. The zero-order valence-corrected chi connectivity index (χ0v) is 13.4.